The fourth-order valence-corrected chi connectivity index (χ4v) is 2.26. The van der Waals surface area contributed by atoms with Crippen LogP contribution in [-0.4, -0.2) is 5.11 Å². The minimum Gasteiger partial charge on any atom is -0.343 e. The summed E-state index contributed by atoms with van der Waals surface area (Å²) in [5.74, 6) is 0. The van der Waals surface area contributed by atoms with Gasteiger partial charge in [-0.3, -0.25) is 0 Å². The summed E-state index contributed by atoms with van der Waals surface area (Å²) in [4.78, 5) is 0. The van der Waals surface area contributed by atoms with Crippen LogP contribution in [0.2, 0.25) is 0 Å². The molecule has 1 unspecified atom stereocenters. The lowest BCUT2D eigenvalue weighted by Crippen LogP contribution is -2.42. The zero-order valence-electron chi connectivity index (χ0n) is 9.14. The Labute approximate surface area is 95.0 Å². The number of rotatable bonds is 0. The van der Waals surface area contributed by atoms with Crippen molar-refractivity contribution >= 4 is 23.0 Å². The van der Waals surface area contributed by atoms with E-state index in [2.05, 4.69) is 37.5 Å². The van der Waals surface area contributed by atoms with Gasteiger partial charge in [0.2, 0.25) is 0 Å². The Balaban J connectivity index is 2.68. The quantitative estimate of drug-likeness (QED) is 0.585. The van der Waals surface area contributed by atoms with E-state index in [1.807, 2.05) is 0 Å². The molecule has 15 heavy (non-hydrogen) atoms. The molecule has 0 radical (unpaired) electrons. The van der Waals surface area contributed by atoms with Gasteiger partial charge in [-0.1, -0.05) is 6.07 Å². The molecule has 80 valence electrons. The van der Waals surface area contributed by atoms with Crippen LogP contribution in [-0.2, 0) is 0 Å². The van der Waals surface area contributed by atoms with E-state index < -0.39 is 0 Å². The monoisotopic (exact) mass is 221 g/mol. The highest BCUT2D eigenvalue weighted by atomic mass is 32.1. The molecule has 0 saturated heterocycles. The van der Waals surface area contributed by atoms with Gasteiger partial charge in [-0.05, 0) is 49.7 Å². The Morgan fingerprint density at radius 1 is 1.27 bits per heavy atom. The molecule has 1 atom stereocenters. The number of hydrogen-bond donors (Lipinski definition) is 3. The summed E-state index contributed by atoms with van der Waals surface area (Å²) in [6.45, 7) is 6.26. The third-order valence-corrected chi connectivity index (χ3v) is 3.15. The van der Waals surface area contributed by atoms with Crippen molar-refractivity contribution in [2.24, 2.45) is 5.73 Å². The molecule has 3 nitrogen and oxygen atoms in total. The Morgan fingerprint density at radius 3 is 2.60 bits per heavy atom. The predicted octanol–water partition coefficient (Wildman–Crippen LogP) is 1.87. The van der Waals surface area contributed by atoms with Gasteiger partial charge in [0.05, 0.1) is 5.69 Å². The van der Waals surface area contributed by atoms with Crippen molar-refractivity contribution in [3.63, 3.8) is 0 Å². The molecule has 0 aromatic heterocycles. The van der Waals surface area contributed by atoms with Crippen LogP contribution in [0, 0.1) is 20.8 Å². The fourth-order valence-electron chi connectivity index (χ4n) is 2.04. The van der Waals surface area contributed by atoms with Crippen molar-refractivity contribution < 1.29 is 0 Å². The van der Waals surface area contributed by atoms with Crippen LogP contribution in [0.4, 0.5) is 5.69 Å². The highest BCUT2D eigenvalue weighted by molar-refractivity contribution is 7.80. The molecule has 4 N–H and O–H groups in total. The lowest BCUT2D eigenvalue weighted by Gasteiger charge is -2.30. The van der Waals surface area contributed by atoms with E-state index in [-0.39, 0.29) is 6.17 Å². The highest BCUT2D eigenvalue weighted by Crippen LogP contribution is 2.32. The maximum Gasteiger partial charge on any atom is 0.172 e. The first kappa shape index (κ1) is 10.4. The topological polar surface area (TPSA) is 50.1 Å². The van der Waals surface area contributed by atoms with Crippen molar-refractivity contribution in [3.05, 3.63) is 28.3 Å². The molecule has 0 aliphatic carbocycles. The first-order chi connectivity index (χ1) is 7.00. The molecule has 0 bridgehead atoms. The van der Waals surface area contributed by atoms with E-state index in [1.165, 1.54) is 16.7 Å². The Hall–Kier alpha value is -1.13. The van der Waals surface area contributed by atoms with Gasteiger partial charge in [0.15, 0.2) is 5.11 Å². The summed E-state index contributed by atoms with van der Waals surface area (Å²) in [5.41, 5.74) is 11.9. The van der Waals surface area contributed by atoms with Crippen LogP contribution in [0.3, 0.4) is 0 Å². The standard InChI is InChI=1S/C11H15N3S/c1-5-4-6(2)9-8(7(5)3)10(12)14-11(15)13-9/h4,10H,12H2,1-3H3,(H2,13,14,15). The van der Waals surface area contributed by atoms with Crippen LogP contribution < -0.4 is 16.4 Å². The van der Waals surface area contributed by atoms with Crippen molar-refractivity contribution in [1.29, 1.82) is 0 Å². The van der Waals surface area contributed by atoms with Gasteiger partial charge < -0.3 is 16.4 Å². The lowest BCUT2D eigenvalue weighted by molar-refractivity contribution is 0.671. The van der Waals surface area contributed by atoms with E-state index in [4.69, 9.17) is 18.0 Å². The van der Waals surface area contributed by atoms with Gasteiger partial charge >= 0.3 is 0 Å². The minimum absolute atomic E-state index is 0.202. The third-order valence-electron chi connectivity index (χ3n) is 2.93. The van der Waals surface area contributed by atoms with E-state index in [0.717, 1.165) is 11.3 Å². The van der Waals surface area contributed by atoms with Gasteiger partial charge in [-0.25, -0.2) is 0 Å². The van der Waals surface area contributed by atoms with Gasteiger partial charge in [0, 0.05) is 5.56 Å². The molecule has 1 aromatic carbocycles. The third kappa shape index (κ3) is 1.60. The molecule has 1 heterocycles. The zero-order valence-corrected chi connectivity index (χ0v) is 9.96. The summed E-state index contributed by atoms with van der Waals surface area (Å²) in [5, 5.41) is 6.79. The molecule has 1 aliphatic rings. The molecular weight excluding hydrogens is 206 g/mol. The normalized spacial score (nSPS) is 19.2. The number of hydrogen-bond acceptors (Lipinski definition) is 2. The largest absolute Gasteiger partial charge is 0.343 e. The van der Waals surface area contributed by atoms with E-state index >= 15 is 0 Å². The van der Waals surface area contributed by atoms with Crippen LogP contribution in [0.5, 0.6) is 0 Å². The van der Waals surface area contributed by atoms with Gasteiger partial charge in [-0.2, -0.15) is 0 Å². The van der Waals surface area contributed by atoms with Crippen molar-refractivity contribution in [2.45, 2.75) is 26.9 Å². The summed E-state index contributed by atoms with van der Waals surface area (Å²) < 4.78 is 0. The average Bonchev–Trinajstić information content (AvgIpc) is 2.13. The molecule has 4 heteroatoms. The maximum atomic E-state index is 6.04. The first-order valence-electron chi connectivity index (χ1n) is 4.94. The number of fused-ring (bicyclic) bond motifs is 1. The van der Waals surface area contributed by atoms with E-state index in [0.29, 0.717) is 5.11 Å². The summed E-state index contributed by atoms with van der Waals surface area (Å²) in [6, 6.07) is 2.15. The van der Waals surface area contributed by atoms with Crippen LogP contribution in [0.25, 0.3) is 0 Å². The molecule has 0 saturated carbocycles. The molecule has 1 aromatic rings. The smallest absolute Gasteiger partial charge is 0.172 e. The van der Waals surface area contributed by atoms with Crippen molar-refractivity contribution in [3.8, 4) is 0 Å². The van der Waals surface area contributed by atoms with Crippen LogP contribution >= 0.6 is 12.2 Å². The maximum absolute atomic E-state index is 6.04. The summed E-state index contributed by atoms with van der Waals surface area (Å²) in [7, 11) is 0. The first-order valence-corrected chi connectivity index (χ1v) is 5.35. The zero-order chi connectivity index (χ0) is 11.2. The lowest BCUT2D eigenvalue weighted by atomic mass is 9.94. The highest BCUT2D eigenvalue weighted by Gasteiger charge is 2.23. The Morgan fingerprint density at radius 2 is 1.93 bits per heavy atom. The Kier molecular flexibility index (Phi) is 2.40. The molecular formula is C11H15N3S. The SMILES string of the molecule is Cc1cc(C)c2c(c1C)C(N)NC(=S)N2. The van der Waals surface area contributed by atoms with Crippen molar-refractivity contribution in [2.75, 3.05) is 5.32 Å². The fraction of sp³-hybridized carbons (Fsp3) is 0.364. The molecule has 0 amide bonds. The number of benzene rings is 1. The molecule has 0 spiro atoms. The van der Waals surface area contributed by atoms with E-state index in [9.17, 15) is 0 Å². The van der Waals surface area contributed by atoms with Crippen molar-refractivity contribution in [1.82, 2.24) is 5.32 Å². The number of anilines is 1. The number of nitrogens with one attached hydrogen (secondary N) is 2. The second kappa shape index (κ2) is 3.47. The minimum atomic E-state index is -0.202. The van der Waals surface area contributed by atoms with Crippen LogP contribution in [0.1, 0.15) is 28.4 Å². The second-order valence-electron chi connectivity index (χ2n) is 4.00. The molecule has 0 fully saturated rings. The summed E-state index contributed by atoms with van der Waals surface area (Å²) >= 11 is 5.09. The van der Waals surface area contributed by atoms with E-state index in [1.54, 1.807) is 0 Å². The number of aryl methyl sites for hydroxylation is 2. The molecule has 1 aliphatic heterocycles. The summed E-state index contributed by atoms with van der Waals surface area (Å²) in [6.07, 6.45) is -0.202. The van der Waals surface area contributed by atoms with Gasteiger partial charge in [-0.15, -0.1) is 0 Å². The van der Waals surface area contributed by atoms with Gasteiger partial charge in [0.25, 0.3) is 0 Å². The van der Waals surface area contributed by atoms with Crippen LogP contribution in [0.15, 0.2) is 6.07 Å². The number of thiocarbonyl (C=S) groups is 1. The molecule has 2 rings (SSSR count). The van der Waals surface area contributed by atoms with Gasteiger partial charge in [0.1, 0.15) is 6.17 Å². The second-order valence-corrected chi connectivity index (χ2v) is 4.41. The average molecular weight is 221 g/mol. The number of nitrogens with two attached hydrogens (primary N) is 1. The Bertz CT molecular complexity index is 440. The predicted molar refractivity (Wildman–Crippen MR) is 66.9 cm³/mol.